The molecule has 0 aliphatic rings. The summed E-state index contributed by atoms with van der Waals surface area (Å²) in [5.74, 6) is 1.36. The highest BCUT2D eigenvalue weighted by Crippen LogP contribution is 2.19. The third kappa shape index (κ3) is 4.42. The van der Waals surface area contributed by atoms with Crippen molar-refractivity contribution in [3.63, 3.8) is 0 Å². The number of hydrogen-bond acceptors (Lipinski definition) is 3. The quantitative estimate of drug-likeness (QED) is 0.581. The van der Waals surface area contributed by atoms with Crippen molar-refractivity contribution in [1.82, 2.24) is 0 Å². The third-order valence-electron chi connectivity index (χ3n) is 1.95. The van der Waals surface area contributed by atoms with E-state index in [2.05, 4.69) is 12.2 Å². The molecule has 0 aromatic heterocycles. The average molecular weight is 229 g/mol. The van der Waals surface area contributed by atoms with Crippen molar-refractivity contribution in [2.24, 2.45) is 0 Å². The third-order valence-corrected chi connectivity index (χ3v) is 2.93. The van der Waals surface area contributed by atoms with Gasteiger partial charge < -0.3 is 10.4 Å². The van der Waals surface area contributed by atoms with Crippen molar-refractivity contribution in [3.05, 3.63) is 24.0 Å². The van der Waals surface area contributed by atoms with Crippen LogP contribution in [0.1, 0.15) is 13.3 Å². The maximum Gasteiger partial charge on any atom is 0.166 e. The highest BCUT2D eigenvalue weighted by Gasteiger charge is 2.00. The average Bonchev–Trinajstić information content (AvgIpc) is 2.23. The minimum absolute atomic E-state index is 0.304. The predicted molar refractivity (Wildman–Crippen MR) is 64.2 cm³/mol. The Kier molecular flexibility index (Phi) is 5.32. The number of phenolic OH excluding ortho intramolecular Hbond substituents is 1. The number of benzene rings is 1. The number of thioether (sulfide) groups is 1. The van der Waals surface area contributed by atoms with Gasteiger partial charge in [-0.3, -0.25) is 0 Å². The van der Waals surface area contributed by atoms with Crippen LogP contribution in [0.5, 0.6) is 5.75 Å². The van der Waals surface area contributed by atoms with Crippen LogP contribution >= 0.6 is 11.8 Å². The molecule has 0 spiro atoms. The van der Waals surface area contributed by atoms with Gasteiger partial charge >= 0.3 is 0 Å². The Morgan fingerprint density at radius 2 is 2.27 bits per heavy atom. The minimum atomic E-state index is -0.581. The maximum atomic E-state index is 12.9. The lowest BCUT2D eigenvalue weighted by molar-refractivity contribution is 0.432. The Balaban J connectivity index is 2.28. The Morgan fingerprint density at radius 3 is 2.93 bits per heavy atom. The zero-order valence-electron chi connectivity index (χ0n) is 8.79. The minimum Gasteiger partial charge on any atom is -0.505 e. The first-order valence-electron chi connectivity index (χ1n) is 5.04. The number of halogens is 1. The molecule has 1 aromatic rings. The molecule has 0 atom stereocenters. The van der Waals surface area contributed by atoms with Crippen LogP contribution in [0.15, 0.2) is 18.2 Å². The highest BCUT2D eigenvalue weighted by molar-refractivity contribution is 7.99. The van der Waals surface area contributed by atoms with Crippen LogP contribution < -0.4 is 5.32 Å². The van der Waals surface area contributed by atoms with E-state index in [1.165, 1.54) is 12.1 Å². The first-order chi connectivity index (χ1) is 7.24. The topological polar surface area (TPSA) is 32.3 Å². The van der Waals surface area contributed by atoms with E-state index in [1.807, 2.05) is 11.8 Å². The molecule has 1 rings (SSSR count). The van der Waals surface area contributed by atoms with Gasteiger partial charge in [0, 0.05) is 18.3 Å². The molecule has 0 heterocycles. The van der Waals surface area contributed by atoms with Gasteiger partial charge in [0.2, 0.25) is 0 Å². The molecule has 0 aliphatic heterocycles. The van der Waals surface area contributed by atoms with Gasteiger partial charge in [-0.15, -0.1) is 0 Å². The van der Waals surface area contributed by atoms with Gasteiger partial charge in [0.15, 0.2) is 11.6 Å². The molecule has 1 aromatic carbocycles. The zero-order chi connectivity index (χ0) is 11.1. The van der Waals surface area contributed by atoms with Crippen molar-refractivity contribution in [3.8, 4) is 5.75 Å². The molecule has 2 nitrogen and oxygen atoms in total. The standard InChI is InChI=1S/C11H16FNOS/c1-2-15-7-3-6-13-9-4-5-11(14)10(12)8-9/h4-5,8,13-14H,2-3,6-7H2,1H3. The Labute approximate surface area is 93.9 Å². The van der Waals surface area contributed by atoms with E-state index in [0.717, 1.165) is 24.5 Å². The van der Waals surface area contributed by atoms with Crippen molar-refractivity contribution in [2.75, 3.05) is 23.4 Å². The fraction of sp³-hybridized carbons (Fsp3) is 0.455. The summed E-state index contributed by atoms with van der Waals surface area (Å²) in [6.07, 6.45) is 1.06. The summed E-state index contributed by atoms with van der Waals surface area (Å²) in [5, 5.41) is 12.1. The van der Waals surface area contributed by atoms with Crippen LogP contribution in [0, 0.1) is 5.82 Å². The van der Waals surface area contributed by atoms with E-state index in [9.17, 15) is 4.39 Å². The molecule has 0 amide bonds. The molecule has 0 bridgehead atoms. The van der Waals surface area contributed by atoms with Crippen molar-refractivity contribution >= 4 is 17.4 Å². The van der Waals surface area contributed by atoms with Gasteiger partial charge in [0.25, 0.3) is 0 Å². The molecule has 0 saturated heterocycles. The second kappa shape index (κ2) is 6.56. The largest absolute Gasteiger partial charge is 0.505 e. The van der Waals surface area contributed by atoms with Crippen LogP contribution in [0.4, 0.5) is 10.1 Å². The van der Waals surface area contributed by atoms with Gasteiger partial charge in [0.1, 0.15) is 0 Å². The number of anilines is 1. The van der Waals surface area contributed by atoms with Crippen molar-refractivity contribution in [1.29, 1.82) is 0 Å². The summed E-state index contributed by atoms with van der Waals surface area (Å²) in [5.41, 5.74) is 0.715. The Hall–Kier alpha value is -0.900. The van der Waals surface area contributed by atoms with Crippen LogP contribution in [0.2, 0.25) is 0 Å². The first-order valence-corrected chi connectivity index (χ1v) is 6.19. The SMILES string of the molecule is CCSCCCNc1ccc(O)c(F)c1. The van der Waals surface area contributed by atoms with Gasteiger partial charge in [-0.05, 0) is 30.1 Å². The second-order valence-corrected chi connectivity index (χ2v) is 4.54. The van der Waals surface area contributed by atoms with Gasteiger partial charge in [0.05, 0.1) is 0 Å². The summed E-state index contributed by atoms with van der Waals surface area (Å²) in [6.45, 7) is 2.96. The van der Waals surface area contributed by atoms with Crippen LogP contribution in [0.25, 0.3) is 0 Å². The maximum absolute atomic E-state index is 12.9. The molecular formula is C11H16FNOS. The molecule has 15 heavy (non-hydrogen) atoms. The fourth-order valence-corrected chi connectivity index (χ4v) is 1.81. The van der Waals surface area contributed by atoms with Crippen LogP contribution in [-0.4, -0.2) is 23.2 Å². The molecule has 0 saturated carbocycles. The Bertz CT molecular complexity index is 307. The van der Waals surface area contributed by atoms with E-state index in [0.29, 0.717) is 5.69 Å². The van der Waals surface area contributed by atoms with E-state index in [-0.39, 0.29) is 5.75 Å². The predicted octanol–water partition coefficient (Wildman–Crippen LogP) is 3.09. The Morgan fingerprint density at radius 1 is 1.47 bits per heavy atom. The molecule has 0 fully saturated rings. The van der Waals surface area contributed by atoms with Crippen molar-refractivity contribution < 1.29 is 9.50 Å². The van der Waals surface area contributed by atoms with Gasteiger partial charge in [-0.25, -0.2) is 4.39 Å². The number of hydrogen-bond donors (Lipinski definition) is 2. The molecule has 84 valence electrons. The van der Waals surface area contributed by atoms with Crippen molar-refractivity contribution in [2.45, 2.75) is 13.3 Å². The molecular weight excluding hydrogens is 213 g/mol. The molecule has 4 heteroatoms. The lowest BCUT2D eigenvalue weighted by atomic mass is 10.3. The zero-order valence-corrected chi connectivity index (χ0v) is 9.61. The second-order valence-electron chi connectivity index (χ2n) is 3.14. The smallest absolute Gasteiger partial charge is 0.166 e. The monoisotopic (exact) mass is 229 g/mol. The van der Waals surface area contributed by atoms with E-state index >= 15 is 0 Å². The lowest BCUT2D eigenvalue weighted by Gasteiger charge is -2.06. The number of aromatic hydroxyl groups is 1. The summed E-state index contributed by atoms with van der Waals surface area (Å²) in [4.78, 5) is 0. The van der Waals surface area contributed by atoms with Crippen LogP contribution in [0.3, 0.4) is 0 Å². The first kappa shape index (κ1) is 12.2. The molecule has 0 unspecified atom stereocenters. The summed E-state index contributed by atoms with van der Waals surface area (Å²) < 4.78 is 12.9. The van der Waals surface area contributed by atoms with E-state index < -0.39 is 5.82 Å². The molecule has 0 radical (unpaired) electrons. The number of rotatable bonds is 6. The van der Waals surface area contributed by atoms with E-state index in [4.69, 9.17) is 5.11 Å². The molecule has 0 aliphatic carbocycles. The van der Waals surface area contributed by atoms with Gasteiger partial charge in [-0.1, -0.05) is 6.92 Å². The van der Waals surface area contributed by atoms with Gasteiger partial charge in [-0.2, -0.15) is 11.8 Å². The number of nitrogens with one attached hydrogen (secondary N) is 1. The normalized spacial score (nSPS) is 10.3. The summed E-state index contributed by atoms with van der Waals surface area (Å²) in [6, 6.07) is 4.34. The molecule has 2 N–H and O–H groups in total. The summed E-state index contributed by atoms with van der Waals surface area (Å²) >= 11 is 1.89. The van der Waals surface area contributed by atoms with E-state index in [1.54, 1.807) is 6.07 Å². The summed E-state index contributed by atoms with van der Waals surface area (Å²) in [7, 11) is 0. The lowest BCUT2D eigenvalue weighted by Crippen LogP contribution is -2.02. The number of phenols is 1. The fourth-order valence-electron chi connectivity index (χ4n) is 1.17. The van der Waals surface area contributed by atoms with Crippen LogP contribution in [-0.2, 0) is 0 Å². The highest BCUT2D eigenvalue weighted by atomic mass is 32.2.